The van der Waals surface area contributed by atoms with E-state index < -0.39 is 0 Å². The molecule has 0 bridgehead atoms. The molecule has 0 saturated heterocycles. The summed E-state index contributed by atoms with van der Waals surface area (Å²) >= 11 is 6.02. The molecule has 4 heteroatoms. The number of rotatable bonds is 8. The first-order chi connectivity index (χ1) is 8.27. The largest absolute Gasteiger partial charge is 0.396 e. The van der Waals surface area contributed by atoms with Crippen LogP contribution in [0.5, 0.6) is 0 Å². The van der Waals surface area contributed by atoms with Gasteiger partial charge in [0.25, 0.3) is 0 Å². The van der Waals surface area contributed by atoms with Crippen molar-refractivity contribution in [2.24, 2.45) is 5.92 Å². The third kappa shape index (κ3) is 5.48. The molecular formula is C13H21ClN2O. The summed E-state index contributed by atoms with van der Waals surface area (Å²) in [5.41, 5.74) is 1.07. The maximum Gasteiger partial charge on any atom is 0.0634 e. The van der Waals surface area contributed by atoms with Gasteiger partial charge in [0.1, 0.15) is 0 Å². The molecule has 0 fully saturated rings. The fourth-order valence-electron chi connectivity index (χ4n) is 1.90. The second-order valence-corrected chi connectivity index (χ2v) is 4.67. The third-order valence-corrected chi connectivity index (χ3v) is 3.18. The van der Waals surface area contributed by atoms with Gasteiger partial charge in [-0.25, -0.2) is 0 Å². The molecule has 0 spiro atoms. The van der Waals surface area contributed by atoms with Crippen molar-refractivity contribution < 1.29 is 5.11 Å². The highest BCUT2D eigenvalue weighted by atomic mass is 35.5. The first-order valence-electron chi connectivity index (χ1n) is 6.17. The molecule has 1 atom stereocenters. The number of pyridine rings is 1. The molecule has 96 valence electrons. The van der Waals surface area contributed by atoms with Gasteiger partial charge in [0.2, 0.25) is 0 Å². The number of nitrogens with one attached hydrogen (secondary N) is 1. The van der Waals surface area contributed by atoms with E-state index in [0.29, 0.717) is 10.9 Å². The van der Waals surface area contributed by atoms with E-state index in [0.717, 1.165) is 37.9 Å². The molecule has 0 aliphatic heterocycles. The number of aliphatic hydroxyl groups excluding tert-OH is 1. The molecule has 17 heavy (non-hydrogen) atoms. The topological polar surface area (TPSA) is 45.1 Å². The lowest BCUT2D eigenvalue weighted by Gasteiger charge is -2.15. The Morgan fingerprint density at radius 1 is 1.47 bits per heavy atom. The zero-order chi connectivity index (χ0) is 12.5. The summed E-state index contributed by atoms with van der Waals surface area (Å²) in [6, 6.07) is 1.93. The monoisotopic (exact) mass is 256 g/mol. The summed E-state index contributed by atoms with van der Waals surface area (Å²) in [5, 5.41) is 13.1. The van der Waals surface area contributed by atoms with Crippen molar-refractivity contribution in [3.63, 3.8) is 0 Å². The maximum atomic E-state index is 8.97. The standard InChI is InChI=1S/C13H21ClN2O/c1-2-3-11(5-7-17)8-16-9-12-4-6-15-10-13(12)14/h4,6,10-11,16-17H,2-3,5,7-9H2,1H3. The van der Waals surface area contributed by atoms with E-state index in [1.807, 2.05) is 6.07 Å². The van der Waals surface area contributed by atoms with Crippen molar-refractivity contribution in [1.82, 2.24) is 10.3 Å². The van der Waals surface area contributed by atoms with Gasteiger partial charge in [-0.15, -0.1) is 0 Å². The van der Waals surface area contributed by atoms with Crippen molar-refractivity contribution in [3.05, 3.63) is 29.0 Å². The van der Waals surface area contributed by atoms with Gasteiger partial charge in [-0.2, -0.15) is 0 Å². The van der Waals surface area contributed by atoms with Gasteiger partial charge >= 0.3 is 0 Å². The first-order valence-corrected chi connectivity index (χ1v) is 6.55. The number of halogens is 1. The second-order valence-electron chi connectivity index (χ2n) is 4.26. The average molecular weight is 257 g/mol. The summed E-state index contributed by atoms with van der Waals surface area (Å²) in [5.74, 6) is 0.547. The molecule has 0 aliphatic rings. The highest BCUT2D eigenvalue weighted by Crippen LogP contribution is 2.14. The second kappa shape index (κ2) is 8.45. The van der Waals surface area contributed by atoms with Crippen molar-refractivity contribution >= 4 is 11.6 Å². The molecule has 2 N–H and O–H groups in total. The van der Waals surface area contributed by atoms with Crippen molar-refractivity contribution in [2.75, 3.05) is 13.2 Å². The molecule has 0 radical (unpaired) electrons. The van der Waals surface area contributed by atoms with Crippen molar-refractivity contribution in [1.29, 1.82) is 0 Å². The molecule has 0 aromatic carbocycles. The first kappa shape index (κ1) is 14.4. The van der Waals surface area contributed by atoms with Crippen LogP contribution in [0.25, 0.3) is 0 Å². The van der Waals surface area contributed by atoms with Crippen LogP contribution in [0.1, 0.15) is 31.7 Å². The minimum atomic E-state index is 0.266. The normalized spacial score (nSPS) is 12.6. The summed E-state index contributed by atoms with van der Waals surface area (Å²) in [7, 11) is 0. The van der Waals surface area contributed by atoms with Crippen LogP contribution in [0.15, 0.2) is 18.5 Å². The zero-order valence-electron chi connectivity index (χ0n) is 10.3. The van der Waals surface area contributed by atoms with Gasteiger partial charge in [-0.1, -0.05) is 24.9 Å². The van der Waals surface area contributed by atoms with E-state index in [2.05, 4.69) is 17.2 Å². The molecule has 1 unspecified atom stereocenters. The number of hydrogen-bond acceptors (Lipinski definition) is 3. The summed E-state index contributed by atoms with van der Waals surface area (Å²) in [4.78, 5) is 3.95. The van der Waals surface area contributed by atoms with Gasteiger partial charge in [0, 0.05) is 25.5 Å². The molecule has 1 heterocycles. The third-order valence-electron chi connectivity index (χ3n) is 2.84. The quantitative estimate of drug-likeness (QED) is 0.752. The van der Waals surface area contributed by atoms with Crippen molar-refractivity contribution in [3.8, 4) is 0 Å². The Bertz CT molecular complexity index is 314. The van der Waals surface area contributed by atoms with E-state index >= 15 is 0 Å². The minimum Gasteiger partial charge on any atom is -0.396 e. The number of nitrogens with zero attached hydrogens (tertiary/aromatic N) is 1. The predicted molar refractivity (Wildman–Crippen MR) is 71.1 cm³/mol. The summed E-state index contributed by atoms with van der Waals surface area (Å²) in [6.07, 6.45) is 6.58. The van der Waals surface area contributed by atoms with Crippen LogP contribution in [0.2, 0.25) is 5.02 Å². The van der Waals surface area contributed by atoms with Crippen LogP contribution in [0.4, 0.5) is 0 Å². The lowest BCUT2D eigenvalue weighted by molar-refractivity contribution is 0.248. The zero-order valence-corrected chi connectivity index (χ0v) is 11.1. The van der Waals surface area contributed by atoms with Gasteiger partial charge in [0.15, 0.2) is 0 Å². The van der Waals surface area contributed by atoms with Gasteiger partial charge in [-0.05, 0) is 36.9 Å². The van der Waals surface area contributed by atoms with Crippen LogP contribution >= 0.6 is 11.6 Å². The molecule has 0 aliphatic carbocycles. The Morgan fingerprint density at radius 2 is 2.29 bits per heavy atom. The smallest absolute Gasteiger partial charge is 0.0634 e. The van der Waals surface area contributed by atoms with Crippen LogP contribution in [-0.2, 0) is 6.54 Å². The number of aliphatic hydroxyl groups is 1. The van der Waals surface area contributed by atoms with Crippen LogP contribution < -0.4 is 5.32 Å². The van der Waals surface area contributed by atoms with E-state index in [-0.39, 0.29) is 6.61 Å². The SMILES string of the molecule is CCCC(CCO)CNCc1ccncc1Cl. The van der Waals surface area contributed by atoms with Gasteiger partial charge in [-0.3, -0.25) is 4.98 Å². The molecule has 1 aromatic heterocycles. The Morgan fingerprint density at radius 3 is 2.94 bits per heavy atom. The molecule has 0 saturated carbocycles. The Labute approximate surface area is 108 Å². The molecule has 3 nitrogen and oxygen atoms in total. The molecule has 1 rings (SSSR count). The summed E-state index contributed by atoms with van der Waals surface area (Å²) < 4.78 is 0. The van der Waals surface area contributed by atoms with Crippen LogP contribution in [-0.4, -0.2) is 23.2 Å². The van der Waals surface area contributed by atoms with E-state index in [4.69, 9.17) is 16.7 Å². The lowest BCUT2D eigenvalue weighted by atomic mass is 10.0. The summed E-state index contributed by atoms with van der Waals surface area (Å²) in [6.45, 7) is 4.12. The predicted octanol–water partition coefficient (Wildman–Crippen LogP) is 2.62. The van der Waals surface area contributed by atoms with Gasteiger partial charge < -0.3 is 10.4 Å². The number of hydrogen-bond donors (Lipinski definition) is 2. The lowest BCUT2D eigenvalue weighted by Crippen LogP contribution is -2.23. The van der Waals surface area contributed by atoms with Crippen LogP contribution in [0.3, 0.4) is 0 Å². The Balaban J connectivity index is 2.33. The molecular weight excluding hydrogens is 236 g/mol. The molecule has 0 amide bonds. The van der Waals surface area contributed by atoms with Crippen molar-refractivity contribution in [2.45, 2.75) is 32.7 Å². The van der Waals surface area contributed by atoms with E-state index in [1.165, 1.54) is 0 Å². The highest BCUT2D eigenvalue weighted by Gasteiger charge is 2.07. The average Bonchev–Trinajstić information content (AvgIpc) is 2.32. The van der Waals surface area contributed by atoms with Crippen LogP contribution in [0, 0.1) is 5.92 Å². The van der Waals surface area contributed by atoms with Gasteiger partial charge in [0.05, 0.1) is 5.02 Å². The minimum absolute atomic E-state index is 0.266. The highest BCUT2D eigenvalue weighted by molar-refractivity contribution is 6.31. The van der Waals surface area contributed by atoms with E-state index in [1.54, 1.807) is 12.4 Å². The Kier molecular flexibility index (Phi) is 7.17. The fraction of sp³-hybridized carbons (Fsp3) is 0.615. The number of aromatic nitrogens is 1. The van der Waals surface area contributed by atoms with E-state index in [9.17, 15) is 0 Å². The Hall–Kier alpha value is -0.640. The maximum absolute atomic E-state index is 8.97. The fourth-order valence-corrected chi connectivity index (χ4v) is 2.08. The molecule has 1 aromatic rings.